The van der Waals surface area contributed by atoms with Gasteiger partial charge in [-0.1, -0.05) is 44.2 Å². The molecule has 9 heteroatoms. The van der Waals surface area contributed by atoms with Gasteiger partial charge in [-0.2, -0.15) is 0 Å². The molecule has 37 heavy (non-hydrogen) atoms. The van der Waals surface area contributed by atoms with Gasteiger partial charge in [0.1, 0.15) is 0 Å². The zero-order valence-corrected chi connectivity index (χ0v) is 21.9. The second-order valence-electron chi connectivity index (χ2n) is 10.8. The predicted molar refractivity (Wildman–Crippen MR) is 140 cm³/mol. The van der Waals surface area contributed by atoms with E-state index in [0.29, 0.717) is 24.5 Å². The summed E-state index contributed by atoms with van der Waals surface area (Å²) in [7, 11) is 0. The molecule has 4 N–H and O–H groups in total. The van der Waals surface area contributed by atoms with Crippen LogP contribution in [0.2, 0.25) is 0 Å². The summed E-state index contributed by atoms with van der Waals surface area (Å²) in [6.07, 6.45) is 2.94. The topological polar surface area (TPSA) is 125 Å². The molecule has 2 aliphatic carbocycles. The van der Waals surface area contributed by atoms with Crippen LogP contribution in [0, 0.1) is 16.7 Å². The average Bonchev–Trinajstić information content (AvgIpc) is 3.57. The quantitative estimate of drug-likeness (QED) is 0.369. The smallest absolute Gasteiger partial charge is 0.293 e. The minimum Gasteiger partial charge on any atom is -0.459 e. The molecule has 5 rings (SSSR count). The molecule has 8 nitrogen and oxygen atoms in total. The van der Waals surface area contributed by atoms with Crippen molar-refractivity contribution >= 4 is 28.3 Å². The minimum absolute atomic E-state index is 0.0535. The number of benzene rings is 1. The monoisotopic (exact) mass is 523 g/mol. The summed E-state index contributed by atoms with van der Waals surface area (Å²) >= 11 is 1.39. The average molecular weight is 524 g/mol. The molecule has 0 unspecified atom stereocenters. The largest absolute Gasteiger partial charge is 0.459 e. The molecule has 0 saturated heterocycles. The lowest BCUT2D eigenvalue weighted by molar-refractivity contribution is -0.144. The number of amides is 2. The number of carbonyl (C=O) groups excluding carboxylic acids is 2. The summed E-state index contributed by atoms with van der Waals surface area (Å²) in [6, 6.07) is 13.0. The number of rotatable bonds is 7. The van der Waals surface area contributed by atoms with Gasteiger partial charge in [-0.25, -0.2) is 4.98 Å². The number of nitrogens with one attached hydrogen (secondary N) is 2. The van der Waals surface area contributed by atoms with Gasteiger partial charge in [0.2, 0.25) is 5.91 Å². The van der Waals surface area contributed by atoms with Gasteiger partial charge in [0.15, 0.2) is 10.9 Å². The van der Waals surface area contributed by atoms with Crippen molar-refractivity contribution in [1.29, 1.82) is 0 Å². The third-order valence-corrected chi connectivity index (χ3v) is 9.59. The van der Waals surface area contributed by atoms with Crippen molar-refractivity contribution < 1.29 is 24.2 Å². The zero-order valence-electron chi connectivity index (χ0n) is 21.1. The first kappa shape index (κ1) is 25.6. The van der Waals surface area contributed by atoms with Crippen LogP contribution in [0.25, 0.3) is 0 Å². The molecule has 0 aliphatic heterocycles. The molecule has 0 bridgehead atoms. The molecule has 0 spiro atoms. The fourth-order valence-corrected chi connectivity index (χ4v) is 7.38. The highest BCUT2D eigenvalue weighted by Gasteiger charge is 2.59. The van der Waals surface area contributed by atoms with E-state index in [1.165, 1.54) is 17.6 Å². The Morgan fingerprint density at radius 1 is 1.19 bits per heavy atom. The third-order valence-electron chi connectivity index (χ3n) is 8.58. The van der Waals surface area contributed by atoms with E-state index < -0.39 is 11.5 Å². The minimum atomic E-state index is -0.703. The van der Waals surface area contributed by atoms with E-state index in [9.17, 15) is 19.8 Å². The van der Waals surface area contributed by atoms with E-state index in [1.54, 1.807) is 12.1 Å². The third kappa shape index (κ3) is 4.71. The van der Waals surface area contributed by atoms with E-state index in [0.717, 1.165) is 22.6 Å². The SMILES string of the molecule is C[C@]1(CO)[C@H]2Cc3sc(NC(=O)c4ccco4)nc3[C@@H](CC(=O)NCc3ccccc3)[C@]2(C)CC[C@H]1O. The van der Waals surface area contributed by atoms with E-state index in [4.69, 9.17) is 9.40 Å². The number of aliphatic hydroxyl groups is 2. The number of aromatic nitrogens is 1. The molecule has 2 aliphatic rings. The standard InChI is InChI=1S/C28H33N3O5S/c1-27-11-10-22(33)28(2,16-32)21(27)14-20-24(30-26(37-20)31-25(35)19-9-6-12-36-19)18(27)13-23(34)29-15-17-7-4-3-5-8-17/h3-9,12,18,21-22,32-33H,10-11,13-16H2,1-2H3,(H,29,34)(H,30,31,35)/t18-,21+,22-,27+,28+/m1/s1. The summed E-state index contributed by atoms with van der Waals surface area (Å²) in [5.41, 5.74) is 0.786. The van der Waals surface area contributed by atoms with Gasteiger partial charge in [0.05, 0.1) is 24.7 Å². The molecule has 1 saturated carbocycles. The molecule has 1 aromatic carbocycles. The molecular weight excluding hydrogens is 490 g/mol. The van der Waals surface area contributed by atoms with Crippen molar-refractivity contribution in [1.82, 2.24) is 10.3 Å². The molecule has 3 aromatic rings. The molecule has 196 valence electrons. The van der Waals surface area contributed by atoms with E-state index in [1.807, 2.05) is 37.3 Å². The lowest BCUT2D eigenvalue weighted by Gasteiger charge is -2.58. The van der Waals surface area contributed by atoms with Gasteiger partial charge >= 0.3 is 0 Å². The van der Waals surface area contributed by atoms with Crippen LogP contribution < -0.4 is 10.6 Å². The van der Waals surface area contributed by atoms with Crippen LogP contribution in [0.4, 0.5) is 5.13 Å². The number of thiazole rings is 1. The molecule has 1 fully saturated rings. The first-order chi connectivity index (χ1) is 17.7. The fraction of sp³-hybridized carbons (Fsp3) is 0.464. The molecule has 2 heterocycles. The maximum atomic E-state index is 13.2. The normalized spacial score (nSPS) is 28.7. The predicted octanol–water partition coefficient (Wildman–Crippen LogP) is 4.11. The summed E-state index contributed by atoms with van der Waals surface area (Å²) in [5, 5.41) is 27.7. The van der Waals surface area contributed by atoms with Gasteiger partial charge in [0, 0.05) is 29.2 Å². The van der Waals surface area contributed by atoms with E-state index >= 15 is 0 Å². The highest BCUT2D eigenvalue weighted by molar-refractivity contribution is 7.15. The van der Waals surface area contributed by atoms with Crippen LogP contribution in [-0.4, -0.2) is 39.7 Å². The second kappa shape index (κ2) is 10.0. The van der Waals surface area contributed by atoms with Gasteiger partial charge in [-0.3, -0.25) is 14.9 Å². The fourth-order valence-electron chi connectivity index (χ4n) is 6.32. The Morgan fingerprint density at radius 2 is 1.97 bits per heavy atom. The Balaban J connectivity index is 1.45. The lowest BCUT2D eigenvalue weighted by atomic mass is 9.47. The maximum Gasteiger partial charge on any atom is 0.293 e. The highest BCUT2D eigenvalue weighted by Crippen LogP contribution is 2.62. The van der Waals surface area contributed by atoms with Crippen molar-refractivity contribution in [3.8, 4) is 0 Å². The van der Waals surface area contributed by atoms with Crippen LogP contribution in [0.5, 0.6) is 0 Å². The Bertz CT molecular complexity index is 1260. The molecule has 5 atom stereocenters. The van der Waals surface area contributed by atoms with Gasteiger partial charge < -0.3 is 19.9 Å². The van der Waals surface area contributed by atoms with Gasteiger partial charge in [-0.15, -0.1) is 11.3 Å². The van der Waals surface area contributed by atoms with Gasteiger partial charge in [-0.05, 0) is 48.3 Å². The Morgan fingerprint density at radius 3 is 2.68 bits per heavy atom. The van der Waals surface area contributed by atoms with Crippen molar-refractivity contribution in [3.63, 3.8) is 0 Å². The second-order valence-corrected chi connectivity index (χ2v) is 11.8. The number of fused-ring (bicyclic) bond motifs is 2. The summed E-state index contributed by atoms with van der Waals surface area (Å²) < 4.78 is 5.21. The summed E-state index contributed by atoms with van der Waals surface area (Å²) in [4.78, 5) is 31.6. The van der Waals surface area contributed by atoms with Crippen molar-refractivity contribution in [2.45, 2.75) is 58.1 Å². The van der Waals surface area contributed by atoms with Crippen molar-refractivity contribution in [2.24, 2.45) is 16.7 Å². The van der Waals surface area contributed by atoms with Crippen LogP contribution in [-0.2, 0) is 17.8 Å². The molecule has 2 amide bonds. The number of carbonyl (C=O) groups is 2. The Kier molecular flexibility index (Phi) is 6.95. The van der Waals surface area contributed by atoms with Crippen LogP contribution in [0.15, 0.2) is 53.1 Å². The zero-order chi connectivity index (χ0) is 26.2. The van der Waals surface area contributed by atoms with Crippen LogP contribution in [0.1, 0.15) is 65.7 Å². The van der Waals surface area contributed by atoms with E-state index in [-0.39, 0.29) is 47.9 Å². The summed E-state index contributed by atoms with van der Waals surface area (Å²) in [5.74, 6) is -0.537. The highest BCUT2D eigenvalue weighted by atomic mass is 32.1. The Labute approximate surface area is 220 Å². The number of furan rings is 1. The maximum absolute atomic E-state index is 13.2. The summed E-state index contributed by atoms with van der Waals surface area (Å²) in [6.45, 7) is 4.40. The number of anilines is 1. The van der Waals surface area contributed by atoms with Crippen molar-refractivity contribution in [2.75, 3.05) is 11.9 Å². The lowest BCUT2D eigenvalue weighted by Crippen LogP contribution is -2.57. The number of nitrogens with zero attached hydrogens (tertiary/aromatic N) is 1. The first-order valence-electron chi connectivity index (χ1n) is 12.7. The number of hydrogen-bond donors (Lipinski definition) is 4. The van der Waals surface area contributed by atoms with Gasteiger partial charge in [0.25, 0.3) is 5.91 Å². The van der Waals surface area contributed by atoms with Crippen molar-refractivity contribution in [3.05, 3.63) is 70.6 Å². The molecule has 2 aromatic heterocycles. The molecule has 0 radical (unpaired) electrons. The number of hydrogen-bond acceptors (Lipinski definition) is 7. The van der Waals surface area contributed by atoms with Crippen LogP contribution in [0.3, 0.4) is 0 Å². The van der Waals surface area contributed by atoms with E-state index in [2.05, 4.69) is 17.6 Å². The van der Waals surface area contributed by atoms with Crippen LogP contribution >= 0.6 is 11.3 Å². The Hall–Kier alpha value is -3.01. The molecular formula is C28H33N3O5S. The first-order valence-corrected chi connectivity index (χ1v) is 13.5. The number of aliphatic hydroxyl groups excluding tert-OH is 2.